The van der Waals surface area contributed by atoms with Crippen LogP contribution in [0.5, 0.6) is 0 Å². The molecule has 0 amide bonds. The number of nitrogens with one attached hydrogen (secondary N) is 1. The van der Waals surface area contributed by atoms with Crippen molar-refractivity contribution in [1.82, 2.24) is 14.3 Å². The molecule has 6 nitrogen and oxygen atoms in total. The van der Waals surface area contributed by atoms with E-state index in [0.717, 1.165) is 19.3 Å². The molecule has 1 N–H and O–H groups in total. The van der Waals surface area contributed by atoms with Gasteiger partial charge in [0.2, 0.25) is 0 Å². The van der Waals surface area contributed by atoms with E-state index in [0.29, 0.717) is 25.5 Å². The molecular weight excluding hydrogens is 266 g/mol. The number of aromatic amines is 1. The van der Waals surface area contributed by atoms with Gasteiger partial charge in [-0.15, -0.1) is 0 Å². The fraction of sp³-hybridized carbons (Fsp3) is 0.750. The lowest BCUT2D eigenvalue weighted by atomic mass is 10.1. The minimum absolute atomic E-state index is 0.00694. The summed E-state index contributed by atoms with van der Waals surface area (Å²) in [7, 11) is -3.46. The van der Waals surface area contributed by atoms with E-state index in [4.69, 9.17) is 4.74 Å². The Morgan fingerprint density at radius 1 is 1.58 bits per heavy atom. The van der Waals surface area contributed by atoms with Gasteiger partial charge in [-0.25, -0.2) is 13.4 Å². The third-order valence-electron chi connectivity index (χ3n) is 3.20. The van der Waals surface area contributed by atoms with Crippen LogP contribution in [0.1, 0.15) is 32.0 Å². The number of hydrogen-bond donors (Lipinski definition) is 1. The van der Waals surface area contributed by atoms with E-state index in [1.54, 1.807) is 6.92 Å². The lowest BCUT2D eigenvalue weighted by Crippen LogP contribution is -2.43. The second-order valence-corrected chi connectivity index (χ2v) is 6.74. The number of imidazole rings is 1. The second kappa shape index (κ2) is 6.02. The topological polar surface area (TPSA) is 75.3 Å². The van der Waals surface area contributed by atoms with Crippen molar-refractivity contribution >= 4 is 10.0 Å². The van der Waals surface area contributed by atoms with Crippen molar-refractivity contribution < 1.29 is 13.2 Å². The summed E-state index contributed by atoms with van der Waals surface area (Å²) in [6.45, 7) is 5.45. The summed E-state index contributed by atoms with van der Waals surface area (Å²) in [5.74, 6) is 0.606. The zero-order valence-corrected chi connectivity index (χ0v) is 12.2. The van der Waals surface area contributed by atoms with Crippen molar-refractivity contribution in [3.8, 4) is 0 Å². The predicted molar refractivity (Wildman–Crippen MR) is 71.3 cm³/mol. The van der Waals surface area contributed by atoms with Crippen molar-refractivity contribution in [1.29, 1.82) is 0 Å². The lowest BCUT2D eigenvalue weighted by Gasteiger charge is -2.31. The normalized spacial score (nSPS) is 21.7. The van der Waals surface area contributed by atoms with Gasteiger partial charge in [-0.3, -0.25) is 0 Å². The summed E-state index contributed by atoms with van der Waals surface area (Å²) in [4.78, 5) is 6.74. The van der Waals surface area contributed by atoms with E-state index in [9.17, 15) is 8.42 Å². The molecule has 0 saturated carbocycles. The van der Waals surface area contributed by atoms with Crippen LogP contribution in [0.25, 0.3) is 0 Å². The van der Waals surface area contributed by atoms with Crippen molar-refractivity contribution in [2.24, 2.45) is 0 Å². The standard InChI is InChI=1S/C12H21N3O3S/c1-3-7-18-11-5-4-6-15(9-11)19(16,17)12-8-13-10(2)14-12/h8,11H,3-7,9H2,1-2H3,(H,13,14). The minimum atomic E-state index is -3.46. The SMILES string of the molecule is CCCOC1CCCN(S(=O)(=O)c2cnc(C)[nH]2)C1. The lowest BCUT2D eigenvalue weighted by molar-refractivity contribution is 0.0193. The van der Waals surface area contributed by atoms with E-state index in [2.05, 4.69) is 9.97 Å². The number of sulfonamides is 1. The molecule has 1 fully saturated rings. The highest BCUT2D eigenvalue weighted by atomic mass is 32.2. The Morgan fingerprint density at radius 3 is 3.00 bits per heavy atom. The highest BCUT2D eigenvalue weighted by Crippen LogP contribution is 2.21. The van der Waals surface area contributed by atoms with Gasteiger partial charge < -0.3 is 9.72 Å². The highest BCUT2D eigenvalue weighted by Gasteiger charge is 2.31. The van der Waals surface area contributed by atoms with Crippen LogP contribution in [0, 0.1) is 6.92 Å². The summed E-state index contributed by atoms with van der Waals surface area (Å²) in [6.07, 6.45) is 4.09. The van der Waals surface area contributed by atoms with Crippen molar-refractivity contribution in [3.63, 3.8) is 0 Å². The Kier molecular flexibility index (Phi) is 4.59. The largest absolute Gasteiger partial charge is 0.377 e. The van der Waals surface area contributed by atoms with Crippen LogP contribution in [-0.4, -0.2) is 48.5 Å². The zero-order chi connectivity index (χ0) is 13.9. The number of nitrogens with zero attached hydrogens (tertiary/aromatic N) is 2. The minimum Gasteiger partial charge on any atom is -0.377 e. The van der Waals surface area contributed by atoms with Gasteiger partial charge in [0.15, 0.2) is 5.03 Å². The molecule has 1 aliphatic heterocycles. The second-order valence-electron chi connectivity index (χ2n) is 4.83. The molecule has 108 valence electrons. The van der Waals surface area contributed by atoms with Gasteiger partial charge in [-0.05, 0) is 26.2 Å². The summed E-state index contributed by atoms with van der Waals surface area (Å²) in [6, 6.07) is 0. The van der Waals surface area contributed by atoms with Crippen LogP contribution in [0.15, 0.2) is 11.2 Å². The third-order valence-corrected chi connectivity index (χ3v) is 4.97. The van der Waals surface area contributed by atoms with Gasteiger partial charge in [-0.1, -0.05) is 6.92 Å². The molecule has 0 aliphatic carbocycles. The first-order valence-corrected chi connectivity index (χ1v) is 8.11. The average Bonchev–Trinajstić information content (AvgIpc) is 2.84. The molecule has 0 bridgehead atoms. The van der Waals surface area contributed by atoms with Crippen LogP contribution in [0.3, 0.4) is 0 Å². The molecule has 1 unspecified atom stereocenters. The molecule has 19 heavy (non-hydrogen) atoms. The average molecular weight is 287 g/mol. The van der Waals surface area contributed by atoms with Gasteiger partial charge in [0, 0.05) is 19.7 Å². The maximum atomic E-state index is 12.4. The Morgan fingerprint density at radius 2 is 2.37 bits per heavy atom. The van der Waals surface area contributed by atoms with E-state index in [1.807, 2.05) is 6.92 Å². The molecular formula is C12H21N3O3S. The molecule has 1 saturated heterocycles. The molecule has 1 aromatic rings. The summed E-state index contributed by atoms with van der Waals surface area (Å²) in [5, 5.41) is 0.168. The molecule has 0 radical (unpaired) electrons. The molecule has 1 aliphatic rings. The van der Waals surface area contributed by atoms with Crippen molar-refractivity contribution in [2.45, 2.75) is 44.2 Å². The van der Waals surface area contributed by atoms with Gasteiger partial charge in [0.25, 0.3) is 10.0 Å². The summed E-state index contributed by atoms with van der Waals surface area (Å²) >= 11 is 0. The van der Waals surface area contributed by atoms with Crippen LogP contribution >= 0.6 is 0 Å². The van der Waals surface area contributed by atoms with Crippen LogP contribution in [-0.2, 0) is 14.8 Å². The molecule has 7 heteroatoms. The number of aryl methyl sites for hydroxylation is 1. The maximum absolute atomic E-state index is 12.4. The van der Waals surface area contributed by atoms with E-state index >= 15 is 0 Å². The highest BCUT2D eigenvalue weighted by molar-refractivity contribution is 7.89. The quantitative estimate of drug-likeness (QED) is 0.885. The first-order chi connectivity index (χ1) is 9.04. The third kappa shape index (κ3) is 3.34. The summed E-state index contributed by atoms with van der Waals surface area (Å²) in [5.41, 5.74) is 0. The number of aromatic nitrogens is 2. The fourth-order valence-corrected chi connectivity index (χ4v) is 3.69. The zero-order valence-electron chi connectivity index (χ0n) is 11.4. The van der Waals surface area contributed by atoms with Gasteiger partial charge >= 0.3 is 0 Å². The van der Waals surface area contributed by atoms with Crippen molar-refractivity contribution in [2.75, 3.05) is 19.7 Å². The Bertz CT molecular complexity index is 512. The van der Waals surface area contributed by atoms with E-state index in [-0.39, 0.29) is 11.1 Å². The van der Waals surface area contributed by atoms with Crippen LogP contribution < -0.4 is 0 Å². The van der Waals surface area contributed by atoms with Gasteiger partial charge in [-0.2, -0.15) is 4.31 Å². The maximum Gasteiger partial charge on any atom is 0.260 e. The van der Waals surface area contributed by atoms with Crippen LogP contribution in [0.4, 0.5) is 0 Å². The Labute approximate surface area is 114 Å². The fourth-order valence-electron chi connectivity index (χ4n) is 2.21. The first-order valence-electron chi connectivity index (χ1n) is 6.67. The van der Waals surface area contributed by atoms with Gasteiger partial charge in [0.1, 0.15) is 5.82 Å². The van der Waals surface area contributed by atoms with Gasteiger partial charge in [0.05, 0.1) is 12.3 Å². The smallest absolute Gasteiger partial charge is 0.260 e. The number of ether oxygens (including phenoxy) is 1. The monoisotopic (exact) mass is 287 g/mol. The number of hydrogen-bond acceptors (Lipinski definition) is 4. The Hall–Kier alpha value is -0.920. The molecule has 2 rings (SSSR count). The van der Waals surface area contributed by atoms with E-state index < -0.39 is 10.0 Å². The number of H-pyrrole nitrogens is 1. The van der Waals surface area contributed by atoms with E-state index in [1.165, 1.54) is 10.5 Å². The number of rotatable bonds is 5. The summed E-state index contributed by atoms with van der Waals surface area (Å²) < 4.78 is 32.0. The molecule has 0 spiro atoms. The predicted octanol–water partition coefficient (Wildman–Crippen LogP) is 1.30. The molecule has 0 aromatic carbocycles. The molecule has 1 atom stereocenters. The molecule has 1 aromatic heterocycles. The molecule has 2 heterocycles. The van der Waals surface area contributed by atoms with Crippen LogP contribution in [0.2, 0.25) is 0 Å². The Balaban J connectivity index is 2.08. The van der Waals surface area contributed by atoms with Crippen molar-refractivity contribution in [3.05, 3.63) is 12.0 Å². The first kappa shape index (κ1) is 14.5. The number of piperidine rings is 1.